The summed E-state index contributed by atoms with van der Waals surface area (Å²) in [5.74, 6) is 0. The van der Waals surface area contributed by atoms with Crippen LogP contribution in [0, 0.1) is 0 Å². The zero-order chi connectivity index (χ0) is 10.3. The first-order valence-electron chi connectivity index (χ1n) is 5.20. The van der Waals surface area contributed by atoms with Crippen LogP contribution in [0.4, 0.5) is 0 Å². The monoisotopic (exact) mass is 216 g/mol. The number of hydrogen-bond acceptors (Lipinski definition) is 1. The third-order valence-electron chi connectivity index (χ3n) is 2.94. The Morgan fingerprint density at radius 3 is 3.00 bits per heavy atom. The van der Waals surface area contributed by atoms with Crippen LogP contribution in [0.1, 0.15) is 11.3 Å². The Morgan fingerprint density at radius 1 is 1.20 bits per heavy atom. The molecule has 0 amide bonds. The van der Waals surface area contributed by atoms with Gasteiger partial charge in [0.25, 0.3) is 0 Å². The fourth-order valence-electron chi connectivity index (χ4n) is 2.24. The molecule has 0 atom stereocenters. The molecule has 2 N–H and O–H groups in total. The predicted octanol–water partition coefficient (Wildman–Crippen LogP) is 2.18. The number of H-pyrrole nitrogens is 1. The number of fused-ring (bicyclic) bond motifs is 3. The lowest BCUT2D eigenvalue weighted by Gasteiger charge is -2.00. The minimum absolute atomic E-state index is 0.847. The largest absolute Gasteiger partial charge is 0.379 e. The molecule has 0 spiro atoms. The van der Waals surface area contributed by atoms with Gasteiger partial charge in [0.15, 0.2) is 0 Å². The molecule has 0 aliphatic carbocycles. The van der Waals surface area contributed by atoms with Crippen molar-refractivity contribution in [2.75, 3.05) is 6.54 Å². The van der Waals surface area contributed by atoms with Crippen molar-refractivity contribution in [1.82, 2.24) is 10.3 Å². The molecule has 1 aliphatic rings. The van der Waals surface area contributed by atoms with Crippen molar-refractivity contribution < 1.29 is 0 Å². The number of para-hydroxylation sites is 1. The van der Waals surface area contributed by atoms with Crippen LogP contribution in [-0.4, -0.2) is 16.5 Å². The SMILES string of the molecule is S=C1Cc2[nH]c3ccccc3c2CCN1. The van der Waals surface area contributed by atoms with Crippen molar-refractivity contribution in [3.05, 3.63) is 35.5 Å². The van der Waals surface area contributed by atoms with E-state index in [1.807, 2.05) is 0 Å². The Labute approximate surface area is 93.7 Å². The highest BCUT2D eigenvalue weighted by molar-refractivity contribution is 7.80. The van der Waals surface area contributed by atoms with Gasteiger partial charge in [0.2, 0.25) is 0 Å². The van der Waals surface area contributed by atoms with Gasteiger partial charge in [-0.25, -0.2) is 0 Å². The van der Waals surface area contributed by atoms with Gasteiger partial charge >= 0.3 is 0 Å². The highest BCUT2D eigenvalue weighted by Crippen LogP contribution is 2.24. The number of nitrogens with one attached hydrogen (secondary N) is 2. The van der Waals surface area contributed by atoms with Crippen LogP contribution < -0.4 is 5.32 Å². The molecule has 3 heteroatoms. The average Bonchev–Trinajstić information content (AvgIpc) is 2.46. The maximum absolute atomic E-state index is 5.24. The van der Waals surface area contributed by atoms with Gasteiger partial charge in [0.1, 0.15) is 0 Å². The minimum atomic E-state index is 0.847. The number of aromatic amines is 1. The van der Waals surface area contributed by atoms with Gasteiger partial charge in [0, 0.05) is 29.6 Å². The van der Waals surface area contributed by atoms with Crippen molar-refractivity contribution >= 4 is 28.1 Å². The summed E-state index contributed by atoms with van der Waals surface area (Å²) in [5.41, 5.74) is 3.94. The molecule has 2 aromatic rings. The molecule has 1 aromatic heterocycles. The van der Waals surface area contributed by atoms with E-state index in [2.05, 4.69) is 34.6 Å². The van der Waals surface area contributed by atoms with Gasteiger partial charge in [-0.1, -0.05) is 30.4 Å². The molecule has 0 saturated heterocycles. The summed E-state index contributed by atoms with van der Waals surface area (Å²) in [6.45, 7) is 0.952. The summed E-state index contributed by atoms with van der Waals surface area (Å²) in [6, 6.07) is 8.46. The van der Waals surface area contributed by atoms with E-state index >= 15 is 0 Å². The summed E-state index contributed by atoms with van der Waals surface area (Å²) < 4.78 is 0. The molecule has 76 valence electrons. The van der Waals surface area contributed by atoms with Crippen molar-refractivity contribution in [3.8, 4) is 0 Å². The van der Waals surface area contributed by atoms with Gasteiger partial charge in [0.05, 0.1) is 4.99 Å². The maximum Gasteiger partial charge on any atom is 0.0813 e. The quantitative estimate of drug-likeness (QED) is 0.661. The van der Waals surface area contributed by atoms with Gasteiger partial charge < -0.3 is 10.3 Å². The van der Waals surface area contributed by atoms with E-state index in [1.165, 1.54) is 22.2 Å². The minimum Gasteiger partial charge on any atom is -0.379 e. The molecular formula is C12H12N2S. The lowest BCUT2D eigenvalue weighted by atomic mass is 10.1. The summed E-state index contributed by atoms with van der Waals surface area (Å²) in [6.07, 6.45) is 1.90. The van der Waals surface area contributed by atoms with E-state index in [0.717, 1.165) is 24.4 Å². The fourth-order valence-corrected chi connectivity index (χ4v) is 2.49. The second kappa shape index (κ2) is 3.35. The zero-order valence-corrected chi connectivity index (χ0v) is 9.16. The molecule has 3 rings (SSSR count). The second-order valence-corrected chi connectivity index (χ2v) is 4.40. The Morgan fingerprint density at radius 2 is 2.07 bits per heavy atom. The number of benzene rings is 1. The number of hydrogen-bond donors (Lipinski definition) is 2. The van der Waals surface area contributed by atoms with Crippen molar-refractivity contribution in [1.29, 1.82) is 0 Å². The van der Waals surface area contributed by atoms with E-state index in [9.17, 15) is 0 Å². The fraction of sp³-hybridized carbons (Fsp3) is 0.250. The maximum atomic E-state index is 5.24. The van der Waals surface area contributed by atoms with Crippen molar-refractivity contribution in [2.24, 2.45) is 0 Å². The van der Waals surface area contributed by atoms with Crippen LogP contribution in [0.15, 0.2) is 24.3 Å². The Balaban J connectivity index is 2.23. The van der Waals surface area contributed by atoms with Gasteiger partial charge in [-0.3, -0.25) is 0 Å². The molecule has 2 nitrogen and oxygen atoms in total. The molecule has 1 aromatic carbocycles. The Kier molecular flexibility index (Phi) is 1.99. The Hall–Kier alpha value is -1.35. The smallest absolute Gasteiger partial charge is 0.0813 e. The zero-order valence-electron chi connectivity index (χ0n) is 8.34. The highest BCUT2D eigenvalue weighted by Gasteiger charge is 2.15. The molecule has 0 bridgehead atoms. The molecular weight excluding hydrogens is 204 g/mol. The van der Waals surface area contributed by atoms with Crippen molar-refractivity contribution in [2.45, 2.75) is 12.8 Å². The molecule has 15 heavy (non-hydrogen) atoms. The van der Waals surface area contributed by atoms with Crippen LogP contribution in [0.2, 0.25) is 0 Å². The first kappa shape index (κ1) is 8.92. The van der Waals surface area contributed by atoms with Crippen LogP contribution >= 0.6 is 12.2 Å². The third-order valence-corrected chi connectivity index (χ3v) is 3.23. The summed E-state index contributed by atoms with van der Waals surface area (Å²) in [7, 11) is 0. The first-order valence-corrected chi connectivity index (χ1v) is 5.60. The van der Waals surface area contributed by atoms with Gasteiger partial charge in [-0.2, -0.15) is 0 Å². The van der Waals surface area contributed by atoms with Crippen LogP contribution in [-0.2, 0) is 12.8 Å². The average molecular weight is 216 g/mol. The van der Waals surface area contributed by atoms with Crippen LogP contribution in [0.3, 0.4) is 0 Å². The number of rotatable bonds is 0. The topological polar surface area (TPSA) is 27.8 Å². The van der Waals surface area contributed by atoms with Crippen LogP contribution in [0.25, 0.3) is 10.9 Å². The van der Waals surface area contributed by atoms with E-state index in [0.29, 0.717) is 0 Å². The first-order chi connectivity index (χ1) is 7.34. The van der Waals surface area contributed by atoms with Gasteiger partial charge in [-0.15, -0.1) is 0 Å². The molecule has 0 saturated carbocycles. The molecule has 1 aliphatic heterocycles. The van der Waals surface area contributed by atoms with E-state index < -0.39 is 0 Å². The van der Waals surface area contributed by atoms with E-state index in [4.69, 9.17) is 12.2 Å². The summed E-state index contributed by atoms with van der Waals surface area (Å²) in [4.78, 5) is 4.40. The molecule has 2 heterocycles. The van der Waals surface area contributed by atoms with E-state index in [-0.39, 0.29) is 0 Å². The second-order valence-electron chi connectivity index (χ2n) is 3.90. The Bertz CT molecular complexity index is 527. The van der Waals surface area contributed by atoms with Crippen molar-refractivity contribution in [3.63, 3.8) is 0 Å². The highest BCUT2D eigenvalue weighted by atomic mass is 32.1. The third kappa shape index (κ3) is 1.43. The lowest BCUT2D eigenvalue weighted by molar-refractivity contribution is 0.890. The molecule has 0 fully saturated rings. The predicted molar refractivity (Wildman–Crippen MR) is 66.3 cm³/mol. The lowest BCUT2D eigenvalue weighted by Crippen LogP contribution is -2.22. The van der Waals surface area contributed by atoms with Crippen LogP contribution in [0.5, 0.6) is 0 Å². The van der Waals surface area contributed by atoms with Gasteiger partial charge in [-0.05, 0) is 18.1 Å². The molecule has 0 unspecified atom stereocenters. The summed E-state index contributed by atoms with van der Waals surface area (Å²) in [5, 5.41) is 4.60. The normalized spacial score (nSPS) is 15.9. The number of aromatic nitrogens is 1. The number of thiocarbonyl (C=S) groups is 1. The molecule has 0 radical (unpaired) electrons. The standard InChI is InChI=1S/C12H12N2S/c15-12-7-11-9(5-6-13-12)8-3-1-2-4-10(8)14-11/h1-4,14H,5-7H2,(H,13,15). The summed E-state index contributed by atoms with van der Waals surface area (Å²) >= 11 is 5.24. The van der Waals surface area contributed by atoms with E-state index in [1.54, 1.807) is 0 Å².